The maximum absolute atomic E-state index is 7.44. The highest BCUT2D eigenvalue weighted by atomic mass is 16.3. The molecule has 0 aliphatic rings. The molecule has 224 valence electrons. The van der Waals surface area contributed by atoms with E-state index in [1.807, 2.05) is 12.1 Å². The number of hydrogen-bond donors (Lipinski definition) is 0. The Bertz CT molecular complexity index is 3100. The fraction of sp³-hybridized carbons (Fsp3) is 0. The van der Waals surface area contributed by atoms with E-state index >= 15 is 0 Å². The number of nitrogens with zero attached hydrogens (tertiary/aromatic N) is 2. The molecule has 0 atom stereocenters. The fourth-order valence-electron chi connectivity index (χ4n) is 7.67. The number of benzene rings is 9. The minimum atomic E-state index is 0.478. The molecule has 0 aliphatic carbocycles. The smallest absolute Gasteiger partial charge is 0.177 e. The number of fused-ring (bicyclic) bond motifs is 12. The Labute approximate surface area is 281 Å². The fourth-order valence-corrected chi connectivity index (χ4v) is 7.67. The van der Waals surface area contributed by atoms with E-state index in [0.717, 1.165) is 49.6 Å². The van der Waals surface area contributed by atoms with Crippen molar-refractivity contribution in [2.24, 2.45) is 0 Å². The van der Waals surface area contributed by atoms with Crippen molar-refractivity contribution >= 4 is 87.2 Å². The first kappa shape index (κ1) is 27.2. The monoisotopic (exact) mass is 620 g/mol. The summed E-state index contributed by atoms with van der Waals surface area (Å²) in [5, 5.41) is 14.3. The lowest BCUT2D eigenvalue weighted by Crippen LogP contribution is -1.86. The van der Waals surface area contributed by atoms with E-state index < -0.39 is 0 Å². The van der Waals surface area contributed by atoms with Crippen LogP contribution in [0.1, 0.15) is 0 Å². The summed E-state index contributed by atoms with van der Waals surface area (Å²) in [6, 6.07) is 51.1. The first-order valence-corrected chi connectivity index (χ1v) is 16.2. The molecule has 3 nitrogen and oxygen atoms in total. The predicted molar refractivity (Wildman–Crippen MR) is 205 cm³/mol. The Hall–Kier alpha value is -6.94. The Morgan fingerprint density at radius 1 is 0.347 bits per heavy atom. The summed E-state index contributed by atoms with van der Waals surface area (Å²) >= 11 is 0. The van der Waals surface area contributed by atoms with Gasteiger partial charge in [-0.1, -0.05) is 109 Å². The second-order valence-corrected chi connectivity index (χ2v) is 12.7. The SMILES string of the molecule is [C-]#[N+]c1cc([N+]#[C-])cc(-c2ccc3cc(-c4ccc5c(c4)c4ccccc4c4cc6c(cc54)oc4ccc5ccccc5c46)ccc3c2)c1. The largest absolute Gasteiger partial charge is 0.456 e. The van der Waals surface area contributed by atoms with Gasteiger partial charge in [0.2, 0.25) is 0 Å². The van der Waals surface area contributed by atoms with E-state index in [9.17, 15) is 0 Å². The summed E-state index contributed by atoms with van der Waals surface area (Å²) in [5.41, 5.74) is 6.95. The van der Waals surface area contributed by atoms with Crippen LogP contribution >= 0.6 is 0 Å². The number of rotatable bonds is 2. The molecule has 0 amide bonds. The molecule has 10 rings (SSSR count). The summed E-state index contributed by atoms with van der Waals surface area (Å²) in [5.74, 6) is 0. The third kappa shape index (κ3) is 4.14. The van der Waals surface area contributed by atoms with Crippen molar-refractivity contribution in [3.05, 3.63) is 168 Å². The zero-order valence-electron chi connectivity index (χ0n) is 26.2. The number of hydrogen-bond acceptors (Lipinski definition) is 1. The quantitative estimate of drug-likeness (QED) is 0.139. The molecule has 0 saturated carbocycles. The minimum absolute atomic E-state index is 0.478. The van der Waals surface area contributed by atoms with Crippen LogP contribution in [0.3, 0.4) is 0 Å². The second kappa shape index (κ2) is 10.3. The molecule has 10 aromatic rings. The molecule has 0 bridgehead atoms. The molecule has 9 aromatic carbocycles. The van der Waals surface area contributed by atoms with Crippen LogP contribution in [0.25, 0.3) is 108 Å². The van der Waals surface area contributed by atoms with E-state index in [1.54, 1.807) is 6.07 Å². The summed E-state index contributed by atoms with van der Waals surface area (Å²) in [6.07, 6.45) is 0. The standard InChI is InChI=1S/C46H24N2O/c1-47-34-21-33(22-35(24-34)48-2)31-14-13-28-19-30(12-11-29(28)20-31)32-15-17-39-40(23-32)37-9-5-6-10-38(37)41-25-43-45(26-42(39)41)49-44-18-16-27-7-3-4-8-36(27)46(43)44/h3-26H. The van der Waals surface area contributed by atoms with E-state index in [4.69, 9.17) is 17.6 Å². The van der Waals surface area contributed by atoms with E-state index in [1.165, 1.54) is 48.5 Å². The summed E-state index contributed by atoms with van der Waals surface area (Å²) in [7, 11) is 0. The average molecular weight is 621 g/mol. The van der Waals surface area contributed by atoms with Crippen molar-refractivity contribution in [1.82, 2.24) is 0 Å². The van der Waals surface area contributed by atoms with Gasteiger partial charge >= 0.3 is 0 Å². The Balaban J connectivity index is 1.14. The van der Waals surface area contributed by atoms with Gasteiger partial charge < -0.3 is 4.42 Å². The normalized spacial score (nSPS) is 11.6. The maximum atomic E-state index is 7.44. The molecule has 3 heteroatoms. The summed E-state index contributed by atoms with van der Waals surface area (Å²) in [4.78, 5) is 7.13. The van der Waals surface area contributed by atoms with Crippen molar-refractivity contribution in [2.75, 3.05) is 0 Å². The van der Waals surface area contributed by atoms with Gasteiger partial charge in [0.05, 0.1) is 13.1 Å². The van der Waals surface area contributed by atoms with Crippen LogP contribution in [0, 0.1) is 13.1 Å². The second-order valence-electron chi connectivity index (χ2n) is 12.7. The van der Waals surface area contributed by atoms with Gasteiger partial charge in [-0.05, 0) is 113 Å². The minimum Gasteiger partial charge on any atom is -0.456 e. The highest BCUT2D eigenvalue weighted by Gasteiger charge is 2.16. The van der Waals surface area contributed by atoms with E-state index in [2.05, 4.69) is 137 Å². The molecular formula is C46H24N2O. The molecule has 0 fully saturated rings. The molecule has 0 spiro atoms. The van der Waals surface area contributed by atoms with Crippen LogP contribution in [0.5, 0.6) is 0 Å². The molecule has 1 aromatic heterocycles. The van der Waals surface area contributed by atoms with Crippen molar-refractivity contribution in [3.8, 4) is 22.3 Å². The first-order valence-electron chi connectivity index (χ1n) is 16.2. The number of furan rings is 1. The third-order valence-electron chi connectivity index (χ3n) is 9.98. The van der Waals surface area contributed by atoms with Crippen LogP contribution in [-0.4, -0.2) is 0 Å². The topological polar surface area (TPSA) is 21.9 Å². The lowest BCUT2D eigenvalue weighted by atomic mass is 9.90. The Kier molecular flexibility index (Phi) is 5.71. The van der Waals surface area contributed by atoms with Crippen LogP contribution in [0.2, 0.25) is 0 Å². The van der Waals surface area contributed by atoms with Crippen molar-refractivity contribution in [1.29, 1.82) is 0 Å². The molecule has 0 N–H and O–H groups in total. The lowest BCUT2D eigenvalue weighted by molar-refractivity contribution is 0.670. The van der Waals surface area contributed by atoms with Gasteiger partial charge in [-0.15, -0.1) is 0 Å². The summed E-state index contributed by atoms with van der Waals surface area (Å²) < 4.78 is 6.50. The van der Waals surface area contributed by atoms with Crippen LogP contribution in [0.15, 0.2) is 150 Å². The van der Waals surface area contributed by atoms with Crippen molar-refractivity contribution in [3.63, 3.8) is 0 Å². The van der Waals surface area contributed by atoms with Crippen molar-refractivity contribution < 1.29 is 4.42 Å². The van der Waals surface area contributed by atoms with Gasteiger partial charge in [-0.2, -0.15) is 0 Å². The zero-order valence-corrected chi connectivity index (χ0v) is 26.2. The predicted octanol–water partition coefficient (Wildman–Crippen LogP) is 13.8. The highest BCUT2D eigenvalue weighted by molar-refractivity contribution is 6.30. The zero-order chi connectivity index (χ0) is 32.6. The van der Waals surface area contributed by atoms with Gasteiger partial charge in [0.15, 0.2) is 11.4 Å². The average Bonchev–Trinajstić information content (AvgIpc) is 3.54. The van der Waals surface area contributed by atoms with E-state index in [-0.39, 0.29) is 0 Å². The molecular weight excluding hydrogens is 597 g/mol. The van der Waals surface area contributed by atoms with Crippen LogP contribution < -0.4 is 0 Å². The van der Waals surface area contributed by atoms with Gasteiger partial charge in [0.25, 0.3) is 0 Å². The molecule has 1 heterocycles. The van der Waals surface area contributed by atoms with Gasteiger partial charge in [0, 0.05) is 10.8 Å². The Morgan fingerprint density at radius 3 is 1.61 bits per heavy atom. The van der Waals surface area contributed by atoms with Crippen molar-refractivity contribution in [2.45, 2.75) is 0 Å². The van der Waals surface area contributed by atoms with Crippen LogP contribution in [0.4, 0.5) is 11.4 Å². The first-order chi connectivity index (χ1) is 24.1. The van der Waals surface area contributed by atoms with Crippen LogP contribution in [-0.2, 0) is 0 Å². The molecule has 0 saturated heterocycles. The molecule has 0 unspecified atom stereocenters. The molecule has 49 heavy (non-hydrogen) atoms. The van der Waals surface area contributed by atoms with Gasteiger partial charge in [0.1, 0.15) is 11.2 Å². The maximum Gasteiger partial charge on any atom is 0.177 e. The summed E-state index contributed by atoms with van der Waals surface area (Å²) in [6.45, 7) is 14.9. The highest BCUT2D eigenvalue weighted by Crippen LogP contribution is 2.43. The van der Waals surface area contributed by atoms with Gasteiger partial charge in [-0.25, -0.2) is 9.69 Å². The van der Waals surface area contributed by atoms with Gasteiger partial charge in [-0.3, -0.25) is 0 Å². The molecule has 0 aliphatic heterocycles. The lowest BCUT2D eigenvalue weighted by Gasteiger charge is -2.13. The third-order valence-corrected chi connectivity index (χ3v) is 9.98. The molecule has 0 radical (unpaired) electrons. The Morgan fingerprint density at radius 2 is 0.898 bits per heavy atom. The van der Waals surface area contributed by atoms with E-state index in [0.29, 0.717) is 11.4 Å².